The number of likely N-dealkylation sites (N-methyl/N-ethyl adjacent to an activating group) is 1. The summed E-state index contributed by atoms with van der Waals surface area (Å²) in [6.45, 7) is 0.415. The minimum atomic E-state index is -0.929. The smallest absolute Gasteiger partial charge is 0.317 e. The van der Waals surface area contributed by atoms with Gasteiger partial charge in [0.25, 0.3) is 0 Å². The second-order valence-corrected chi connectivity index (χ2v) is 5.66. The van der Waals surface area contributed by atoms with Gasteiger partial charge in [-0.25, -0.2) is 4.79 Å². The van der Waals surface area contributed by atoms with Crippen molar-refractivity contribution in [2.45, 2.75) is 43.8 Å². The third kappa shape index (κ3) is 3.21. The maximum absolute atomic E-state index is 12.2. The van der Waals surface area contributed by atoms with E-state index in [0.717, 1.165) is 25.7 Å². The fourth-order valence-electron chi connectivity index (χ4n) is 2.91. The number of amides is 2. The molecule has 2 rings (SSSR count). The number of carboxylic acids is 1. The zero-order chi connectivity index (χ0) is 14.7. The number of hydrogen-bond donors (Lipinski definition) is 3. The monoisotopic (exact) mass is 285 g/mol. The van der Waals surface area contributed by atoms with Gasteiger partial charge in [0.05, 0.1) is 19.3 Å². The predicted octanol–water partition coefficient (Wildman–Crippen LogP) is -0.00270. The molecule has 2 amide bonds. The minimum absolute atomic E-state index is 0.0174. The number of rotatable bonds is 3. The first-order chi connectivity index (χ1) is 9.50. The molecule has 2 aliphatic rings. The summed E-state index contributed by atoms with van der Waals surface area (Å²) in [6, 6.07) is -0.734. The molecule has 0 spiro atoms. The van der Waals surface area contributed by atoms with Crippen LogP contribution in [0.3, 0.4) is 0 Å². The Labute approximate surface area is 118 Å². The molecule has 1 saturated carbocycles. The van der Waals surface area contributed by atoms with Crippen molar-refractivity contribution in [3.05, 3.63) is 0 Å². The van der Waals surface area contributed by atoms with Gasteiger partial charge in [0, 0.05) is 19.1 Å². The normalized spacial score (nSPS) is 33.7. The van der Waals surface area contributed by atoms with E-state index in [-0.39, 0.29) is 31.3 Å². The third-order valence-electron chi connectivity index (χ3n) is 4.31. The number of hydrogen-bond acceptors (Lipinski definition) is 4. The number of aliphatic carboxylic acids is 1. The second-order valence-electron chi connectivity index (χ2n) is 5.66. The van der Waals surface area contributed by atoms with E-state index in [4.69, 9.17) is 15.6 Å². The van der Waals surface area contributed by atoms with Crippen LogP contribution in [0.25, 0.3) is 0 Å². The summed E-state index contributed by atoms with van der Waals surface area (Å²) >= 11 is 0. The van der Waals surface area contributed by atoms with Gasteiger partial charge in [-0.2, -0.15) is 0 Å². The summed E-state index contributed by atoms with van der Waals surface area (Å²) in [5.74, 6) is -1.59. The Hall–Kier alpha value is -1.34. The van der Waals surface area contributed by atoms with Crippen LogP contribution in [-0.4, -0.2) is 60.4 Å². The maximum atomic E-state index is 12.2. The van der Waals surface area contributed by atoms with Crippen LogP contribution >= 0.6 is 0 Å². The molecule has 20 heavy (non-hydrogen) atoms. The summed E-state index contributed by atoms with van der Waals surface area (Å²) in [4.78, 5) is 24.8. The van der Waals surface area contributed by atoms with Gasteiger partial charge in [-0.1, -0.05) is 12.8 Å². The zero-order valence-corrected chi connectivity index (χ0v) is 11.7. The van der Waals surface area contributed by atoms with Crippen LogP contribution in [0.5, 0.6) is 0 Å². The highest BCUT2D eigenvalue weighted by Crippen LogP contribution is 2.20. The summed E-state index contributed by atoms with van der Waals surface area (Å²) < 4.78 is 5.19. The van der Waals surface area contributed by atoms with Gasteiger partial charge in [-0.15, -0.1) is 0 Å². The van der Waals surface area contributed by atoms with E-state index in [1.807, 2.05) is 0 Å². The molecule has 4 atom stereocenters. The molecular weight excluding hydrogens is 262 g/mol. The number of urea groups is 1. The number of nitrogens with one attached hydrogen (secondary N) is 1. The molecule has 4 N–H and O–H groups in total. The number of carbonyl (C=O) groups excluding carboxylic acids is 1. The first-order valence-electron chi connectivity index (χ1n) is 7.10. The number of ether oxygens (including phenoxy) is 1. The highest BCUT2D eigenvalue weighted by molar-refractivity contribution is 5.77. The fourth-order valence-corrected chi connectivity index (χ4v) is 2.91. The van der Waals surface area contributed by atoms with Crippen molar-refractivity contribution in [1.29, 1.82) is 0 Å². The van der Waals surface area contributed by atoms with Crippen molar-refractivity contribution in [1.82, 2.24) is 10.2 Å². The van der Waals surface area contributed by atoms with Crippen LogP contribution in [0.2, 0.25) is 0 Å². The van der Waals surface area contributed by atoms with E-state index in [0.29, 0.717) is 0 Å². The lowest BCUT2D eigenvalue weighted by atomic mass is 9.91. The first kappa shape index (κ1) is 15.1. The van der Waals surface area contributed by atoms with Crippen molar-refractivity contribution in [3.8, 4) is 0 Å². The number of nitrogens with two attached hydrogens (primary N) is 1. The van der Waals surface area contributed by atoms with E-state index in [1.54, 1.807) is 7.05 Å². The lowest BCUT2D eigenvalue weighted by Crippen LogP contribution is -2.55. The molecule has 0 bridgehead atoms. The number of carbonyl (C=O) groups is 2. The quantitative estimate of drug-likeness (QED) is 0.677. The van der Waals surface area contributed by atoms with Gasteiger partial charge in [0.1, 0.15) is 5.92 Å². The lowest BCUT2D eigenvalue weighted by Gasteiger charge is -2.33. The molecule has 114 valence electrons. The van der Waals surface area contributed by atoms with Crippen molar-refractivity contribution < 1.29 is 19.4 Å². The van der Waals surface area contributed by atoms with E-state index in [9.17, 15) is 9.59 Å². The van der Waals surface area contributed by atoms with E-state index in [1.165, 1.54) is 4.90 Å². The highest BCUT2D eigenvalue weighted by Gasteiger charge is 2.39. The fraction of sp³-hybridized carbons (Fsp3) is 0.846. The molecule has 0 aromatic rings. The van der Waals surface area contributed by atoms with Gasteiger partial charge in [-0.3, -0.25) is 4.79 Å². The Bertz CT molecular complexity index is 377. The van der Waals surface area contributed by atoms with Crippen LogP contribution < -0.4 is 11.1 Å². The van der Waals surface area contributed by atoms with Crippen molar-refractivity contribution >= 4 is 12.0 Å². The van der Waals surface area contributed by atoms with E-state index in [2.05, 4.69) is 5.32 Å². The molecule has 1 aliphatic carbocycles. The number of nitrogens with zero attached hydrogens (tertiary/aromatic N) is 1. The van der Waals surface area contributed by atoms with Gasteiger partial charge in [0.15, 0.2) is 0 Å². The van der Waals surface area contributed by atoms with Crippen molar-refractivity contribution in [3.63, 3.8) is 0 Å². The summed E-state index contributed by atoms with van der Waals surface area (Å²) in [7, 11) is 1.61. The molecule has 1 aliphatic heterocycles. The predicted molar refractivity (Wildman–Crippen MR) is 72.3 cm³/mol. The molecule has 7 heteroatoms. The van der Waals surface area contributed by atoms with Gasteiger partial charge in [0.2, 0.25) is 0 Å². The Morgan fingerprint density at radius 2 is 2.00 bits per heavy atom. The zero-order valence-electron chi connectivity index (χ0n) is 11.7. The van der Waals surface area contributed by atoms with Gasteiger partial charge in [-0.05, 0) is 12.8 Å². The van der Waals surface area contributed by atoms with Crippen LogP contribution in [0.15, 0.2) is 0 Å². The van der Waals surface area contributed by atoms with Crippen LogP contribution in [0.4, 0.5) is 4.79 Å². The Morgan fingerprint density at radius 1 is 1.30 bits per heavy atom. The summed E-state index contributed by atoms with van der Waals surface area (Å²) in [5, 5.41) is 12.0. The first-order valence-corrected chi connectivity index (χ1v) is 7.10. The Kier molecular flexibility index (Phi) is 4.82. The molecule has 2 fully saturated rings. The Morgan fingerprint density at radius 3 is 2.65 bits per heavy atom. The van der Waals surface area contributed by atoms with E-state index >= 15 is 0 Å². The topological polar surface area (TPSA) is 105 Å². The van der Waals surface area contributed by atoms with Gasteiger partial charge >= 0.3 is 12.0 Å². The molecule has 4 unspecified atom stereocenters. The van der Waals surface area contributed by atoms with Crippen LogP contribution in [0, 0.1) is 5.92 Å². The van der Waals surface area contributed by atoms with Crippen molar-refractivity contribution in [2.24, 2.45) is 11.7 Å². The van der Waals surface area contributed by atoms with Crippen LogP contribution in [0.1, 0.15) is 25.7 Å². The SMILES string of the molecule is CN(C(=O)NC1CCCCC1N)C1COCC1C(=O)O. The molecule has 7 nitrogen and oxygen atoms in total. The summed E-state index contributed by atoms with van der Waals surface area (Å²) in [5.41, 5.74) is 6.00. The maximum Gasteiger partial charge on any atom is 0.317 e. The average molecular weight is 285 g/mol. The summed E-state index contributed by atoms with van der Waals surface area (Å²) in [6.07, 6.45) is 3.96. The van der Waals surface area contributed by atoms with E-state index < -0.39 is 17.9 Å². The molecular formula is C13H23N3O4. The molecule has 1 saturated heterocycles. The van der Waals surface area contributed by atoms with Crippen molar-refractivity contribution in [2.75, 3.05) is 20.3 Å². The molecule has 0 aromatic heterocycles. The average Bonchev–Trinajstić information content (AvgIpc) is 2.89. The third-order valence-corrected chi connectivity index (χ3v) is 4.31. The lowest BCUT2D eigenvalue weighted by molar-refractivity contribution is -0.142. The number of carboxylic acid groups (broad SMARTS) is 1. The standard InChI is InChI=1S/C13H23N3O4/c1-16(11-7-20-6-8(11)12(17)18)13(19)15-10-5-3-2-4-9(10)14/h8-11H,2-7,14H2,1H3,(H,15,19)(H,17,18). The second kappa shape index (κ2) is 6.41. The minimum Gasteiger partial charge on any atom is -0.481 e. The van der Waals surface area contributed by atoms with Crippen LogP contribution in [-0.2, 0) is 9.53 Å². The molecule has 0 radical (unpaired) electrons. The van der Waals surface area contributed by atoms with Gasteiger partial charge < -0.3 is 25.8 Å². The largest absolute Gasteiger partial charge is 0.481 e. The molecule has 0 aromatic carbocycles. The highest BCUT2D eigenvalue weighted by atomic mass is 16.5. The molecule has 1 heterocycles. The Balaban J connectivity index is 1.92.